The number of aliphatic carboxylic acids is 1. The van der Waals surface area contributed by atoms with E-state index in [9.17, 15) is 19.5 Å². The second-order valence-electron chi connectivity index (χ2n) is 7.61. The van der Waals surface area contributed by atoms with Gasteiger partial charge in [0.05, 0.1) is 12.1 Å². The summed E-state index contributed by atoms with van der Waals surface area (Å²) in [5, 5.41) is 9.62. The molecule has 7 heteroatoms. The molecule has 2 amide bonds. The second kappa shape index (κ2) is 10.2. The number of nitrogens with zero attached hydrogens (tertiary/aromatic N) is 1. The zero-order valence-corrected chi connectivity index (χ0v) is 16.5. The SMILES string of the molecule is CC(C)CC(N)C(=O)N(C(=O)C(N)Cc1ccccc1)C(C(=O)O)C(C)C. The van der Waals surface area contributed by atoms with Crippen molar-refractivity contribution < 1.29 is 19.5 Å². The number of benzene rings is 1. The highest BCUT2D eigenvalue weighted by molar-refractivity contribution is 6.03. The minimum Gasteiger partial charge on any atom is -0.480 e. The quantitative estimate of drug-likeness (QED) is 0.597. The fraction of sp³-hybridized carbons (Fsp3) is 0.550. The molecule has 1 aromatic rings. The van der Waals surface area contributed by atoms with Crippen molar-refractivity contribution in [3.8, 4) is 0 Å². The highest BCUT2D eigenvalue weighted by Crippen LogP contribution is 2.17. The summed E-state index contributed by atoms with van der Waals surface area (Å²) >= 11 is 0. The van der Waals surface area contributed by atoms with Crippen molar-refractivity contribution >= 4 is 17.8 Å². The number of hydrogen-bond donors (Lipinski definition) is 3. The Kier molecular flexibility index (Phi) is 8.59. The van der Waals surface area contributed by atoms with Gasteiger partial charge >= 0.3 is 5.97 Å². The molecule has 0 bridgehead atoms. The van der Waals surface area contributed by atoms with E-state index in [1.807, 2.05) is 44.2 Å². The van der Waals surface area contributed by atoms with Crippen molar-refractivity contribution in [2.24, 2.45) is 23.3 Å². The van der Waals surface area contributed by atoms with E-state index in [4.69, 9.17) is 11.5 Å². The van der Waals surface area contributed by atoms with Gasteiger partial charge in [0, 0.05) is 0 Å². The molecule has 3 atom stereocenters. The normalized spacial score (nSPS) is 14.7. The number of nitrogens with two attached hydrogens (primary N) is 2. The predicted molar refractivity (Wildman–Crippen MR) is 104 cm³/mol. The molecule has 27 heavy (non-hydrogen) atoms. The van der Waals surface area contributed by atoms with Crippen LogP contribution in [-0.4, -0.2) is 45.9 Å². The highest BCUT2D eigenvalue weighted by Gasteiger charge is 2.40. The van der Waals surface area contributed by atoms with Crippen LogP contribution in [0.15, 0.2) is 30.3 Å². The molecule has 1 aromatic carbocycles. The van der Waals surface area contributed by atoms with E-state index >= 15 is 0 Å². The van der Waals surface area contributed by atoms with Crippen LogP contribution < -0.4 is 11.5 Å². The summed E-state index contributed by atoms with van der Waals surface area (Å²) in [6.45, 7) is 7.08. The van der Waals surface area contributed by atoms with Gasteiger partial charge in [0.1, 0.15) is 6.04 Å². The number of imide groups is 1. The van der Waals surface area contributed by atoms with E-state index in [0.717, 1.165) is 10.5 Å². The van der Waals surface area contributed by atoms with Crippen LogP contribution in [0.4, 0.5) is 0 Å². The van der Waals surface area contributed by atoms with Gasteiger partial charge in [0.25, 0.3) is 0 Å². The van der Waals surface area contributed by atoms with Crippen LogP contribution in [-0.2, 0) is 20.8 Å². The van der Waals surface area contributed by atoms with Crippen molar-refractivity contribution in [3.63, 3.8) is 0 Å². The number of carbonyl (C=O) groups excluding carboxylic acids is 2. The van der Waals surface area contributed by atoms with Crippen molar-refractivity contribution in [3.05, 3.63) is 35.9 Å². The monoisotopic (exact) mass is 377 g/mol. The molecule has 1 rings (SSSR count). The van der Waals surface area contributed by atoms with Crippen LogP contribution in [0.3, 0.4) is 0 Å². The maximum absolute atomic E-state index is 13.0. The summed E-state index contributed by atoms with van der Waals surface area (Å²) in [4.78, 5) is 38.4. The van der Waals surface area contributed by atoms with Crippen LogP contribution in [0.1, 0.15) is 39.7 Å². The zero-order chi connectivity index (χ0) is 20.7. The Morgan fingerprint density at radius 3 is 1.93 bits per heavy atom. The van der Waals surface area contributed by atoms with E-state index < -0.39 is 41.8 Å². The molecule has 0 spiro atoms. The topological polar surface area (TPSA) is 127 Å². The third kappa shape index (κ3) is 6.45. The third-order valence-electron chi connectivity index (χ3n) is 4.30. The number of rotatable bonds is 9. The molecule has 0 aromatic heterocycles. The summed E-state index contributed by atoms with van der Waals surface area (Å²) in [5.74, 6) is -3.02. The van der Waals surface area contributed by atoms with Gasteiger partial charge in [0.15, 0.2) is 0 Å². The van der Waals surface area contributed by atoms with Gasteiger partial charge in [-0.2, -0.15) is 0 Å². The Morgan fingerprint density at radius 1 is 0.963 bits per heavy atom. The first-order chi connectivity index (χ1) is 12.6. The van der Waals surface area contributed by atoms with Crippen LogP contribution in [0, 0.1) is 11.8 Å². The van der Waals surface area contributed by atoms with Crippen molar-refractivity contribution in [1.29, 1.82) is 0 Å². The van der Waals surface area contributed by atoms with E-state index in [1.165, 1.54) is 0 Å². The summed E-state index contributed by atoms with van der Waals surface area (Å²) in [6.07, 6.45) is 0.550. The van der Waals surface area contributed by atoms with Crippen LogP contribution in [0.5, 0.6) is 0 Å². The van der Waals surface area contributed by atoms with E-state index in [-0.39, 0.29) is 12.3 Å². The second-order valence-corrected chi connectivity index (χ2v) is 7.61. The first kappa shape index (κ1) is 22.8. The number of amides is 2. The van der Waals surface area contributed by atoms with Gasteiger partial charge in [-0.1, -0.05) is 58.0 Å². The van der Waals surface area contributed by atoms with Crippen LogP contribution >= 0.6 is 0 Å². The molecule has 7 nitrogen and oxygen atoms in total. The molecule has 150 valence electrons. The Bertz CT molecular complexity index is 646. The van der Waals surface area contributed by atoms with Crippen molar-refractivity contribution in [2.45, 2.75) is 58.7 Å². The lowest BCUT2D eigenvalue weighted by Gasteiger charge is -2.33. The predicted octanol–water partition coefficient (Wildman–Crippen LogP) is 1.39. The molecule has 5 N–H and O–H groups in total. The largest absolute Gasteiger partial charge is 0.480 e. The molecule has 0 saturated heterocycles. The molecule has 0 heterocycles. The van der Waals surface area contributed by atoms with Gasteiger partial charge in [-0.3, -0.25) is 14.5 Å². The third-order valence-corrected chi connectivity index (χ3v) is 4.30. The number of carboxylic acids is 1. The van der Waals surface area contributed by atoms with Crippen LogP contribution in [0.25, 0.3) is 0 Å². The van der Waals surface area contributed by atoms with Gasteiger partial charge in [-0.15, -0.1) is 0 Å². The summed E-state index contributed by atoms with van der Waals surface area (Å²) in [5.41, 5.74) is 12.8. The average Bonchev–Trinajstić information content (AvgIpc) is 2.57. The zero-order valence-electron chi connectivity index (χ0n) is 16.5. The highest BCUT2D eigenvalue weighted by atomic mass is 16.4. The maximum atomic E-state index is 13.0. The molecular formula is C20H31N3O4. The summed E-state index contributed by atoms with van der Waals surface area (Å²) < 4.78 is 0. The van der Waals surface area contributed by atoms with E-state index in [2.05, 4.69) is 0 Å². The molecular weight excluding hydrogens is 346 g/mol. The van der Waals surface area contributed by atoms with Crippen LogP contribution in [0.2, 0.25) is 0 Å². The molecule has 3 unspecified atom stereocenters. The molecule has 0 fully saturated rings. The molecule has 0 radical (unpaired) electrons. The van der Waals surface area contributed by atoms with Gasteiger partial charge in [-0.25, -0.2) is 4.79 Å². The average molecular weight is 377 g/mol. The van der Waals surface area contributed by atoms with Gasteiger partial charge < -0.3 is 16.6 Å². The standard InChI is InChI=1S/C20H31N3O4/c1-12(2)10-15(21)18(24)23(17(13(3)4)20(26)27)19(25)16(22)11-14-8-6-5-7-9-14/h5-9,12-13,15-17H,10-11,21-22H2,1-4H3,(H,26,27). The Labute approximate surface area is 160 Å². The summed E-state index contributed by atoms with van der Waals surface area (Å²) in [7, 11) is 0. The maximum Gasteiger partial charge on any atom is 0.327 e. The Morgan fingerprint density at radius 2 is 1.48 bits per heavy atom. The van der Waals surface area contributed by atoms with Gasteiger partial charge in [-0.05, 0) is 30.2 Å². The Balaban J connectivity index is 3.16. The van der Waals surface area contributed by atoms with Crippen molar-refractivity contribution in [1.82, 2.24) is 4.90 Å². The fourth-order valence-corrected chi connectivity index (χ4v) is 3.00. The number of carboxylic acid groups (broad SMARTS) is 1. The number of carbonyl (C=O) groups is 3. The lowest BCUT2D eigenvalue weighted by atomic mass is 9.97. The molecule has 0 saturated carbocycles. The van der Waals surface area contributed by atoms with Gasteiger partial charge in [0.2, 0.25) is 11.8 Å². The van der Waals surface area contributed by atoms with E-state index in [0.29, 0.717) is 6.42 Å². The molecule has 0 aliphatic heterocycles. The number of hydrogen-bond acceptors (Lipinski definition) is 5. The van der Waals surface area contributed by atoms with Crippen molar-refractivity contribution in [2.75, 3.05) is 0 Å². The minimum absolute atomic E-state index is 0.126. The molecule has 0 aliphatic carbocycles. The lowest BCUT2D eigenvalue weighted by molar-refractivity contribution is -0.161. The minimum atomic E-state index is -1.31. The molecule has 0 aliphatic rings. The lowest BCUT2D eigenvalue weighted by Crippen LogP contribution is -2.60. The first-order valence-electron chi connectivity index (χ1n) is 9.21. The fourth-order valence-electron chi connectivity index (χ4n) is 3.00. The smallest absolute Gasteiger partial charge is 0.327 e. The Hall–Kier alpha value is -2.25. The van der Waals surface area contributed by atoms with E-state index in [1.54, 1.807) is 13.8 Å². The first-order valence-corrected chi connectivity index (χ1v) is 9.21. The summed E-state index contributed by atoms with van der Waals surface area (Å²) in [6, 6.07) is 5.81.